The molecule has 0 unspecified atom stereocenters. The van der Waals surface area contributed by atoms with Gasteiger partial charge >= 0.3 is 5.97 Å². The average molecular weight is 273 g/mol. The number of carboxylic acid groups (broad SMARTS) is 1. The van der Waals surface area contributed by atoms with Crippen LogP contribution >= 0.6 is 0 Å². The van der Waals surface area contributed by atoms with E-state index in [1.807, 2.05) is 7.05 Å². The first-order valence-electron chi connectivity index (χ1n) is 6.65. The fourth-order valence-electron chi connectivity index (χ4n) is 2.76. The molecule has 0 aliphatic heterocycles. The van der Waals surface area contributed by atoms with Gasteiger partial charge in [-0.15, -0.1) is 13.0 Å². The van der Waals surface area contributed by atoms with Crippen LogP contribution in [0.3, 0.4) is 0 Å². The van der Waals surface area contributed by atoms with Crippen LogP contribution in [0, 0.1) is 12.3 Å². The van der Waals surface area contributed by atoms with Gasteiger partial charge < -0.3 is 5.11 Å². The Bertz CT molecular complexity index is 568. The van der Waals surface area contributed by atoms with Crippen LogP contribution in [-0.4, -0.2) is 45.4 Å². The molecule has 1 aliphatic carbocycles. The van der Waals surface area contributed by atoms with Gasteiger partial charge in [0.05, 0.1) is 13.1 Å². The Labute approximate surface area is 118 Å². The smallest absolute Gasteiger partial charge is 0.356 e. The van der Waals surface area contributed by atoms with Crippen LogP contribution in [0.2, 0.25) is 0 Å². The number of hydrogen-bond acceptors (Lipinski definition) is 3. The molecule has 0 fully saturated rings. The van der Waals surface area contributed by atoms with Gasteiger partial charge in [0.1, 0.15) is 0 Å². The van der Waals surface area contributed by atoms with Gasteiger partial charge in [-0.05, 0) is 26.3 Å². The van der Waals surface area contributed by atoms with E-state index < -0.39 is 5.97 Å². The summed E-state index contributed by atoms with van der Waals surface area (Å²) in [6.45, 7) is 4.80. The van der Waals surface area contributed by atoms with Crippen molar-refractivity contribution < 1.29 is 9.90 Å². The lowest BCUT2D eigenvalue weighted by Gasteiger charge is -2.30. The first-order valence-corrected chi connectivity index (χ1v) is 6.65. The molecular formula is C15H19N3O2. The van der Waals surface area contributed by atoms with E-state index in [1.54, 1.807) is 10.8 Å². The summed E-state index contributed by atoms with van der Waals surface area (Å²) in [4.78, 5) is 13.4. The SMILES string of the molecule is C#CCN(C)[C@H]1CCc2c(c(C(=O)O)nn2CC=C)C1. The highest BCUT2D eigenvalue weighted by Gasteiger charge is 2.30. The normalized spacial score (nSPS) is 17.6. The Hall–Kier alpha value is -2.06. The molecule has 1 aromatic rings. The molecule has 5 nitrogen and oxygen atoms in total. The zero-order valence-electron chi connectivity index (χ0n) is 11.7. The molecule has 20 heavy (non-hydrogen) atoms. The largest absolute Gasteiger partial charge is 0.476 e. The lowest BCUT2D eigenvalue weighted by Crippen LogP contribution is -2.37. The average Bonchev–Trinajstić information content (AvgIpc) is 2.78. The van der Waals surface area contributed by atoms with Crippen molar-refractivity contribution in [2.24, 2.45) is 0 Å². The number of rotatable bonds is 5. The minimum atomic E-state index is -0.968. The van der Waals surface area contributed by atoms with Gasteiger partial charge in [-0.2, -0.15) is 5.10 Å². The van der Waals surface area contributed by atoms with Crippen LogP contribution in [0.1, 0.15) is 28.2 Å². The molecule has 0 spiro atoms. The molecule has 1 aromatic heterocycles. The van der Waals surface area contributed by atoms with Crippen molar-refractivity contribution in [2.45, 2.75) is 31.8 Å². The Balaban J connectivity index is 2.32. The quantitative estimate of drug-likeness (QED) is 0.647. The number of aromatic nitrogens is 2. The Kier molecular flexibility index (Phi) is 4.26. The number of likely N-dealkylation sites (N-methyl/N-ethyl adjacent to an activating group) is 1. The maximum atomic E-state index is 11.3. The molecule has 106 valence electrons. The van der Waals surface area contributed by atoms with Crippen molar-refractivity contribution in [3.63, 3.8) is 0 Å². The molecule has 1 atom stereocenters. The Morgan fingerprint density at radius 1 is 1.75 bits per heavy atom. The van der Waals surface area contributed by atoms with E-state index >= 15 is 0 Å². The van der Waals surface area contributed by atoms with Crippen LogP contribution < -0.4 is 0 Å². The van der Waals surface area contributed by atoms with Crippen molar-refractivity contribution in [1.29, 1.82) is 0 Å². The number of aromatic carboxylic acids is 1. The topological polar surface area (TPSA) is 58.4 Å². The van der Waals surface area contributed by atoms with Gasteiger partial charge in [0.25, 0.3) is 0 Å². The summed E-state index contributed by atoms with van der Waals surface area (Å²) in [5.41, 5.74) is 2.03. The fourth-order valence-corrected chi connectivity index (χ4v) is 2.76. The first-order chi connectivity index (χ1) is 9.58. The maximum absolute atomic E-state index is 11.3. The highest BCUT2D eigenvalue weighted by atomic mass is 16.4. The van der Waals surface area contributed by atoms with E-state index in [9.17, 15) is 9.90 Å². The fraction of sp³-hybridized carbons (Fsp3) is 0.467. The van der Waals surface area contributed by atoms with Crippen LogP contribution in [0.25, 0.3) is 0 Å². The predicted molar refractivity (Wildman–Crippen MR) is 76.7 cm³/mol. The van der Waals surface area contributed by atoms with E-state index in [1.165, 1.54) is 0 Å². The molecule has 0 radical (unpaired) electrons. The van der Waals surface area contributed by atoms with Gasteiger partial charge in [-0.1, -0.05) is 12.0 Å². The molecule has 0 amide bonds. The van der Waals surface area contributed by atoms with Crippen molar-refractivity contribution in [3.8, 4) is 12.3 Å². The van der Waals surface area contributed by atoms with Crippen LogP contribution in [-0.2, 0) is 19.4 Å². The zero-order valence-corrected chi connectivity index (χ0v) is 11.7. The summed E-state index contributed by atoms with van der Waals surface area (Å²) in [6.07, 6.45) is 9.55. The zero-order chi connectivity index (χ0) is 14.7. The van der Waals surface area contributed by atoms with Gasteiger partial charge in [0, 0.05) is 17.3 Å². The first kappa shape index (κ1) is 14.4. The minimum Gasteiger partial charge on any atom is -0.476 e. The van der Waals surface area contributed by atoms with E-state index in [4.69, 9.17) is 6.42 Å². The summed E-state index contributed by atoms with van der Waals surface area (Å²) in [6, 6.07) is 0.276. The molecule has 1 N–H and O–H groups in total. The van der Waals surface area contributed by atoms with Crippen molar-refractivity contribution >= 4 is 5.97 Å². The molecule has 5 heteroatoms. The van der Waals surface area contributed by atoms with Crippen molar-refractivity contribution in [2.75, 3.05) is 13.6 Å². The molecule has 0 saturated heterocycles. The van der Waals surface area contributed by atoms with Gasteiger partial charge in [0.15, 0.2) is 5.69 Å². The molecule has 0 bridgehead atoms. The van der Waals surface area contributed by atoms with E-state index in [2.05, 4.69) is 22.5 Å². The predicted octanol–water partition coefficient (Wildman–Crippen LogP) is 1.19. The van der Waals surface area contributed by atoms with Crippen molar-refractivity contribution in [1.82, 2.24) is 14.7 Å². The molecular weight excluding hydrogens is 254 g/mol. The number of carbonyl (C=O) groups is 1. The van der Waals surface area contributed by atoms with Crippen molar-refractivity contribution in [3.05, 3.63) is 29.6 Å². The number of allylic oxidation sites excluding steroid dienone is 1. The Morgan fingerprint density at radius 2 is 2.50 bits per heavy atom. The van der Waals surface area contributed by atoms with Gasteiger partial charge in [-0.25, -0.2) is 4.79 Å². The highest BCUT2D eigenvalue weighted by Crippen LogP contribution is 2.27. The Morgan fingerprint density at radius 3 is 3.10 bits per heavy atom. The lowest BCUT2D eigenvalue weighted by molar-refractivity contribution is 0.0687. The highest BCUT2D eigenvalue weighted by molar-refractivity contribution is 5.87. The summed E-state index contributed by atoms with van der Waals surface area (Å²) >= 11 is 0. The second-order valence-corrected chi connectivity index (χ2v) is 5.07. The van der Waals surface area contributed by atoms with Crippen LogP contribution in [0.5, 0.6) is 0 Å². The van der Waals surface area contributed by atoms with E-state index in [0.717, 1.165) is 24.1 Å². The number of carboxylic acids is 1. The molecule has 1 aliphatic rings. The van der Waals surface area contributed by atoms with E-state index in [0.29, 0.717) is 19.5 Å². The molecule has 0 aromatic carbocycles. The third-order valence-corrected chi connectivity index (χ3v) is 3.79. The number of terminal acetylenes is 1. The second-order valence-electron chi connectivity index (χ2n) is 5.07. The molecule has 2 rings (SSSR count). The van der Waals surface area contributed by atoms with E-state index in [-0.39, 0.29) is 11.7 Å². The van der Waals surface area contributed by atoms with Gasteiger partial charge in [0.2, 0.25) is 0 Å². The standard InChI is InChI=1S/C15H19N3O2/c1-4-8-17(3)11-6-7-13-12(10-11)14(15(19)20)16-18(13)9-5-2/h1,5,11H,2,6-10H2,3H3,(H,19,20)/t11-/m0/s1. The monoisotopic (exact) mass is 273 g/mol. The number of hydrogen-bond donors (Lipinski definition) is 1. The molecule has 0 saturated carbocycles. The summed E-state index contributed by atoms with van der Waals surface area (Å²) < 4.78 is 1.75. The summed E-state index contributed by atoms with van der Waals surface area (Å²) in [7, 11) is 1.98. The van der Waals surface area contributed by atoms with Gasteiger partial charge in [-0.3, -0.25) is 9.58 Å². The molecule has 1 heterocycles. The minimum absolute atomic E-state index is 0.167. The second kappa shape index (κ2) is 5.93. The summed E-state index contributed by atoms with van der Waals surface area (Å²) in [5.74, 6) is 1.66. The van der Waals surface area contributed by atoms with Crippen LogP contribution in [0.15, 0.2) is 12.7 Å². The third-order valence-electron chi connectivity index (χ3n) is 3.79. The third kappa shape index (κ3) is 2.61. The number of fused-ring (bicyclic) bond motifs is 1. The lowest BCUT2D eigenvalue weighted by atomic mass is 9.90. The van der Waals surface area contributed by atoms with Crippen LogP contribution in [0.4, 0.5) is 0 Å². The number of nitrogens with zero attached hydrogens (tertiary/aromatic N) is 3. The maximum Gasteiger partial charge on any atom is 0.356 e. The summed E-state index contributed by atoms with van der Waals surface area (Å²) in [5, 5.41) is 13.5.